The average molecular weight is 426 g/mol. The maximum atomic E-state index is 9.97. The first kappa shape index (κ1) is 28.0. The van der Waals surface area contributed by atoms with Crippen LogP contribution in [0.25, 0.3) is 0 Å². The molecule has 0 saturated heterocycles. The van der Waals surface area contributed by atoms with Crippen LogP contribution in [0.2, 0.25) is 0 Å². The van der Waals surface area contributed by atoms with Gasteiger partial charge < -0.3 is 19.8 Å². The van der Waals surface area contributed by atoms with E-state index in [1.807, 2.05) is 0 Å². The van der Waals surface area contributed by atoms with Crippen LogP contribution < -0.4 is 0 Å². The minimum absolute atomic E-state index is 0.173. The van der Waals surface area contributed by atoms with Crippen molar-refractivity contribution >= 4 is 0 Å². The molecule has 0 amide bonds. The maximum absolute atomic E-state index is 9.97. The third-order valence-corrected chi connectivity index (χ3v) is 4.33. The molecule has 0 rings (SSSR count). The molecule has 0 bridgehead atoms. The smallest absolute Gasteiger partial charge is 0.294 e. The zero-order chi connectivity index (χ0) is 22.3. The molecule has 7 nitrogen and oxygen atoms in total. The summed E-state index contributed by atoms with van der Waals surface area (Å²) in [5.41, 5.74) is -0.830. The minimum atomic E-state index is -0.830. The van der Waals surface area contributed by atoms with Crippen LogP contribution in [0.15, 0.2) is 48.6 Å². The molecule has 0 radical (unpaired) electrons. The van der Waals surface area contributed by atoms with Gasteiger partial charge in [-0.25, -0.2) is 0 Å². The Hall–Kier alpha value is -1.96. The van der Waals surface area contributed by atoms with Crippen LogP contribution in [0.3, 0.4) is 0 Å². The van der Waals surface area contributed by atoms with E-state index in [1.54, 1.807) is 6.92 Å². The van der Waals surface area contributed by atoms with E-state index in [0.717, 1.165) is 51.4 Å². The maximum Gasteiger partial charge on any atom is 0.294 e. The normalized spacial score (nSPS) is 12.8. The molecule has 0 spiro atoms. The van der Waals surface area contributed by atoms with Gasteiger partial charge in [0.25, 0.3) is 5.09 Å². The molecule has 0 fully saturated rings. The summed E-state index contributed by atoms with van der Waals surface area (Å²) in [4.78, 5) is 14.2. The lowest BCUT2D eigenvalue weighted by Gasteiger charge is -2.25. The van der Waals surface area contributed by atoms with E-state index < -0.39 is 10.7 Å². The summed E-state index contributed by atoms with van der Waals surface area (Å²) in [7, 11) is 0. The van der Waals surface area contributed by atoms with Crippen molar-refractivity contribution in [1.82, 2.24) is 0 Å². The van der Waals surface area contributed by atoms with Gasteiger partial charge in [0.05, 0.1) is 19.8 Å². The molecular weight excluding hydrogens is 386 g/mol. The van der Waals surface area contributed by atoms with Crippen LogP contribution in [-0.4, -0.2) is 47.3 Å². The number of allylic oxidation sites excluding steroid dienone is 8. The standard InChI is InChI=1S/C23H39NO6/c1-23(21-25,22-26)29-19-17-15-13-11-9-7-5-3-2-4-6-8-10-12-14-16-18-20-30-24(27)28/h3-6,9-12,25-26H,2,7-8,13-22H2,1H3. The summed E-state index contributed by atoms with van der Waals surface area (Å²) in [6.07, 6.45) is 25.3. The van der Waals surface area contributed by atoms with Gasteiger partial charge in [-0.05, 0) is 64.7 Å². The molecule has 0 aromatic carbocycles. The van der Waals surface area contributed by atoms with Crippen LogP contribution in [0.1, 0.15) is 64.7 Å². The second kappa shape index (κ2) is 20.3. The molecule has 0 aromatic heterocycles. The fraction of sp³-hybridized carbons (Fsp3) is 0.652. The summed E-state index contributed by atoms with van der Waals surface area (Å²) in [6.45, 7) is 2.08. The van der Waals surface area contributed by atoms with E-state index in [-0.39, 0.29) is 19.8 Å². The van der Waals surface area contributed by atoms with Crippen molar-refractivity contribution in [2.45, 2.75) is 70.3 Å². The van der Waals surface area contributed by atoms with E-state index in [9.17, 15) is 10.1 Å². The second-order valence-electron chi connectivity index (χ2n) is 7.26. The van der Waals surface area contributed by atoms with Gasteiger partial charge in [-0.15, -0.1) is 10.1 Å². The Bertz CT molecular complexity index is 524. The average Bonchev–Trinajstić information content (AvgIpc) is 2.74. The highest BCUT2D eigenvalue weighted by Crippen LogP contribution is 2.10. The van der Waals surface area contributed by atoms with Gasteiger partial charge >= 0.3 is 0 Å². The number of nitrogens with zero attached hydrogens (tertiary/aromatic N) is 1. The van der Waals surface area contributed by atoms with E-state index >= 15 is 0 Å². The van der Waals surface area contributed by atoms with Gasteiger partial charge in [0.15, 0.2) is 0 Å². The first-order valence-corrected chi connectivity index (χ1v) is 10.8. The quantitative estimate of drug-likeness (QED) is 0.127. The van der Waals surface area contributed by atoms with Crippen LogP contribution in [-0.2, 0) is 9.57 Å². The van der Waals surface area contributed by atoms with Crippen molar-refractivity contribution in [3.8, 4) is 0 Å². The largest absolute Gasteiger partial charge is 0.393 e. The summed E-state index contributed by atoms with van der Waals surface area (Å²) in [5.74, 6) is 0. The van der Waals surface area contributed by atoms with Crippen molar-refractivity contribution in [3.63, 3.8) is 0 Å². The Labute approximate surface area is 180 Å². The van der Waals surface area contributed by atoms with Crippen LogP contribution in [0, 0.1) is 10.1 Å². The first-order chi connectivity index (χ1) is 14.5. The minimum Gasteiger partial charge on any atom is -0.393 e. The molecule has 0 aliphatic carbocycles. The monoisotopic (exact) mass is 425 g/mol. The van der Waals surface area contributed by atoms with Gasteiger partial charge in [0.1, 0.15) is 5.60 Å². The summed E-state index contributed by atoms with van der Waals surface area (Å²) in [5, 5.41) is 27.5. The molecule has 0 saturated carbocycles. The lowest BCUT2D eigenvalue weighted by Crippen LogP contribution is -2.37. The highest BCUT2D eigenvalue weighted by atomic mass is 16.9. The summed E-state index contributed by atoms with van der Waals surface area (Å²) in [6, 6.07) is 0. The van der Waals surface area contributed by atoms with E-state index in [0.29, 0.717) is 13.0 Å². The van der Waals surface area contributed by atoms with Crippen LogP contribution >= 0.6 is 0 Å². The Morgan fingerprint density at radius 3 is 1.63 bits per heavy atom. The van der Waals surface area contributed by atoms with Gasteiger partial charge in [0.2, 0.25) is 0 Å². The highest BCUT2D eigenvalue weighted by Gasteiger charge is 2.22. The molecule has 0 aliphatic heterocycles. The topological polar surface area (TPSA) is 102 Å². The number of rotatable bonds is 20. The molecule has 0 heterocycles. The highest BCUT2D eigenvalue weighted by molar-refractivity contribution is 4.99. The van der Waals surface area contributed by atoms with Gasteiger partial charge in [-0.1, -0.05) is 48.6 Å². The summed E-state index contributed by atoms with van der Waals surface area (Å²) < 4.78 is 5.50. The second-order valence-corrected chi connectivity index (χ2v) is 7.26. The Balaban J connectivity index is 3.49. The number of hydrogen-bond acceptors (Lipinski definition) is 6. The van der Waals surface area contributed by atoms with Gasteiger partial charge in [-0.3, -0.25) is 0 Å². The molecule has 172 valence electrons. The van der Waals surface area contributed by atoms with Crippen LogP contribution in [0.5, 0.6) is 0 Å². The lowest BCUT2D eigenvalue weighted by molar-refractivity contribution is -0.757. The predicted molar refractivity (Wildman–Crippen MR) is 120 cm³/mol. The molecule has 30 heavy (non-hydrogen) atoms. The third-order valence-electron chi connectivity index (χ3n) is 4.33. The third kappa shape index (κ3) is 19.4. The number of aliphatic hydroxyl groups excluding tert-OH is 2. The Morgan fingerprint density at radius 2 is 1.20 bits per heavy atom. The van der Waals surface area contributed by atoms with E-state index in [1.165, 1.54) is 0 Å². The first-order valence-electron chi connectivity index (χ1n) is 10.8. The number of hydrogen-bond donors (Lipinski definition) is 2. The van der Waals surface area contributed by atoms with E-state index in [4.69, 9.17) is 14.9 Å². The lowest BCUT2D eigenvalue weighted by atomic mass is 10.1. The van der Waals surface area contributed by atoms with Crippen molar-refractivity contribution in [3.05, 3.63) is 58.7 Å². The number of aliphatic hydroxyl groups is 2. The fourth-order valence-corrected chi connectivity index (χ4v) is 2.38. The molecule has 7 heteroatoms. The van der Waals surface area contributed by atoms with Crippen molar-refractivity contribution in [2.75, 3.05) is 26.4 Å². The van der Waals surface area contributed by atoms with E-state index in [2.05, 4.69) is 53.4 Å². The fourth-order valence-electron chi connectivity index (χ4n) is 2.38. The molecular formula is C23H39NO6. The van der Waals surface area contributed by atoms with Crippen LogP contribution in [0.4, 0.5) is 0 Å². The zero-order valence-electron chi connectivity index (χ0n) is 18.3. The molecule has 2 N–H and O–H groups in total. The number of unbranched alkanes of at least 4 members (excludes halogenated alkanes) is 4. The molecule has 0 aliphatic rings. The molecule has 0 unspecified atom stereocenters. The SMILES string of the molecule is CC(CO)(CO)OCCCCC=CCC=CCC=CCC=CCCCCO[N+](=O)[O-]. The van der Waals surface area contributed by atoms with Crippen molar-refractivity contribution in [2.24, 2.45) is 0 Å². The van der Waals surface area contributed by atoms with Gasteiger partial charge in [0, 0.05) is 6.61 Å². The van der Waals surface area contributed by atoms with Gasteiger partial charge in [-0.2, -0.15) is 0 Å². The zero-order valence-corrected chi connectivity index (χ0v) is 18.3. The predicted octanol–water partition coefficient (Wildman–Crippen LogP) is 4.69. The Morgan fingerprint density at radius 1 is 0.767 bits per heavy atom. The Kier molecular flexibility index (Phi) is 19.0. The number of ether oxygens (including phenoxy) is 1. The van der Waals surface area contributed by atoms with Crippen molar-refractivity contribution < 1.29 is 24.9 Å². The summed E-state index contributed by atoms with van der Waals surface area (Å²) >= 11 is 0. The molecule has 0 atom stereocenters. The van der Waals surface area contributed by atoms with Crippen molar-refractivity contribution in [1.29, 1.82) is 0 Å². The molecule has 0 aromatic rings.